The van der Waals surface area contributed by atoms with Crippen LogP contribution in [0.5, 0.6) is 0 Å². The first-order valence-electron chi connectivity index (χ1n) is 7.55. The van der Waals surface area contributed by atoms with Crippen LogP contribution in [0.15, 0.2) is 48.5 Å². The molecule has 2 N–H and O–H groups in total. The SMILES string of the molecule is C1=C(N2CCNCC2)c2ccccc2Nc2ccccc21. The second kappa shape index (κ2) is 5.26. The average Bonchev–Trinajstić information content (AvgIpc) is 2.72. The first-order valence-corrected chi connectivity index (χ1v) is 7.55. The van der Waals surface area contributed by atoms with Gasteiger partial charge in [0.2, 0.25) is 0 Å². The van der Waals surface area contributed by atoms with Crippen LogP contribution >= 0.6 is 0 Å². The van der Waals surface area contributed by atoms with E-state index in [-0.39, 0.29) is 0 Å². The number of piperazine rings is 1. The molecule has 0 radical (unpaired) electrons. The summed E-state index contributed by atoms with van der Waals surface area (Å²) in [6, 6.07) is 17.1. The lowest BCUT2D eigenvalue weighted by Gasteiger charge is -2.32. The molecule has 106 valence electrons. The van der Waals surface area contributed by atoms with Crippen LogP contribution in [0, 0.1) is 0 Å². The summed E-state index contributed by atoms with van der Waals surface area (Å²) in [4.78, 5) is 2.49. The number of rotatable bonds is 1. The molecule has 21 heavy (non-hydrogen) atoms. The Kier molecular flexibility index (Phi) is 3.13. The van der Waals surface area contributed by atoms with E-state index in [9.17, 15) is 0 Å². The highest BCUT2D eigenvalue weighted by atomic mass is 15.2. The summed E-state index contributed by atoms with van der Waals surface area (Å²) in [5.74, 6) is 0. The Hall–Kier alpha value is -2.26. The van der Waals surface area contributed by atoms with Gasteiger partial charge in [-0.25, -0.2) is 0 Å². The fourth-order valence-corrected chi connectivity index (χ4v) is 3.09. The second-order valence-corrected chi connectivity index (χ2v) is 5.52. The molecule has 0 saturated carbocycles. The lowest BCUT2D eigenvalue weighted by Crippen LogP contribution is -2.42. The Morgan fingerprint density at radius 2 is 1.52 bits per heavy atom. The van der Waals surface area contributed by atoms with Gasteiger partial charge in [0.05, 0.1) is 0 Å². The number of hydrogen-bond donors (Lipinski definition) is 2. The van der Waals surface area contributed by atoms with E-state index < -0.39 is 0 Å². The van der Waals surface area contributed by atoms with Crippen LogP contribution in [-0.4, -0.2) is 31.1 Å². The largest absolute Gasteiger partial charge is 0.368 e. The molecule has 1 fully saturated rings. The van der Waals surface area contributed by atoms with Gasteiger partial charge >= 0.3 is 0 Å². The maximum absolute atomic E-state index is 3.58. The average molecular weight is 277 g/mol. The summed E-state index contributed by atoms with van der Waals surface area (Å²) in [6.07, 6.45) is 2.32. The minimum absolute atomic E-state index is 1.05. The van der Waals surface area contributed by atoms with Crippen molar-refractivity contribution >= 4 is 23.1 Å². The van der Waals surface area contributed by atoms with Gasteiger partial charge in [-0.3, -0.25) is 0 Å². The minimum atomic E-state index is 1.05. The van der Waals surface area contributed by atoms with Gasteiger partial charge in [-0.15, -0.1) is 0 Å². The van der Waals surface area contributed by atoms with E-state index in [0.717, 1.165) is 26.2 Å². The van der Waals surface area contributed by atoms with Crippen LogP contribution < -0.4 is 10.6 Å². The van der Waals surface area contributed by atoms with Gasteiger partial charge in [-0.1, -0.05) is 36.4 Å². The maximum Gasteiger partial charge on any atom is 0.0479 e. The third-order valence-corrected chi connectivity index (χ3v) is 4.18. The molecule has 0 bridgehead atoms. The van der Waals surface area contributed by atoms with E-state index in [2.05, 4.69) is 70.1 Å². The van der Waals surface area contributed by atoms with E-state index in [1.54, 1.807) is 0 Å². The van der Waals surface area contributed by atoms with Crippen LogP contribution in [0.1, 0.15) is 11.1 Å². The van der Waals surface area contributed by atoms with Gasteiger partial charge in [-0.2, -0.15) is 0 Å². The Balaban J connectivity index is 1.87. The van der Waals surface area contributed by atoms with Gasteiger partial charge < -0.3 is 15.5 Å². The highest BCUT2D eigenvalue weighted by Gasteiger charge is 2.20. The standard InChI is InChI=1S/C18H19N3/c1-3-7-16-14(5-1)13-18(21-11-9-19-10-12-21)15-6-2-4-8-17(15)20-16/h1-8,13,19-20H,9-12H2. The number of para-hydroxylation sites is 2. The molecule has 0 aromatic heterocycles. The molecule has 2 heterocycles. The fraction of sp³-hybridized carbons (Fsp3) is 0.222. The Labute approximate surface area is 125 Å². The summed E-state index contributed by atoms with van der Waals surface area (Å²) in [5, 5.41) is 7.01. The molecule has 2 aromatic carbocycles. The number of hydrogen-bond acceptors (Lipinski definition) is 3. The normalized spacial score (nSPS) is 17.1. The number of anilines is 2. The zero-order chi connectivity index (χ0) is 14.1. The molecular formula is C18H19N3. The minimum Gasteiger partial charge on any atom is -0.368 e. The van der Waals surface area contributed by atoms with Crippen molar-refractivity contribution in [1.29, 1.82) is 0 Å². The predicted octanol–water partition coefficient (Wildman–Crippen LogP) is 3.15. The molecule has 0 unspecified atom stereocenters. The number of benzene rings is 2. The lowest BCUT2D eigenvalue weighted by molar-refractivity contribution is 0.342. The van der Waals surface area contributed by atoms with Crippen molar-refractivity contribution in [1.82, 2.24) is 10.2 Å². The summed E-state index contributed by atoms with van der Waals surface area (Å²) in [7, 11) is 0. The first-order chi connectivity index (χ1) is 10.4. The quantitative estimate of drug-likeness (QED) is 0.838. The maximum atomic E-state index is 3.58. The second-order valence-electron chi connectivity index (χ2n) is 5.52. The molecule has 3 nitrogen and oxygen atoms in total. The third kappa shape index (κ3) is 2.30. The van der Waals surface area contributed by atoms with Gasteiger partial charge in [-0.05, 0) is 23.8 Å². The Bertz CT molecular complexity index is 684. The molecule has 0 amide bonds. The van der Waals surface area contributed by atoms with Crippen molar-refractivity contribution in [3.05, 3.63) is 59.7 Å². The zero-order valence-electron chi connectivity index (χ0n) is 12.0. The Morgan fingerprint density at radius 1 is 0.810 bits per heavy atom. The molecule has 3 heteroatoms. The van der Waals surface area contributed by atoms with Crippen molar-refractivity contribution in [2.75, 3.05) is 31.5 Å². The van der Waals surface area contributed by atoms with Crippen molar-refractivity contribution < 1.29 is 0 Å². The smallest absolute Gasteiger partial charge is 0.0479 e. The van der Waals surface area contributed by atoms with Crippen molar-refractivity contribution in [2.45, 2.75) is 0 Å². The van der Waals surface area contributed by atoms with Crippen LogP contribution in [0.25, 0.3) is 11.8 Å². The van der Waals surface area contributed by atoms with Gasteiger partial charge in [0.15, 0.2) is 0 Å². The summed E-state index contributed by atoms with van der Waals surface area (Å²) in [5.41, 5.74) is 6.23. The predicted molar refractivity (Wildman–Crippen MR) is 88.5 cm³/mol. The first kappa shape index (κ1) is 12.5. The molecule has 2 aliphatic rings. The van der Waals surface area contributed by atoms with Crippen molar-refractivity contribution in [2.24, 2.45) is 0 Å². The number of nitrogens with one attached hydrogen (secondary N) is 2. The third-order valence-electron chi connectivity index (χ3n) is 4.18. The molecule has 0 aliphatic carbocycles. The van der Waals surface area contributed by atoms with Gasteiger partial charge in [0.1, 0.15) is 0 Å². The summed E-state index contributed by atoms with van der Waals surface area (Å²) in [6.45, 7) is 4.22. The highest BCUT2D eigenvalue weighted by molar-refractivity contribution is 5.93. The van der Waals surface area contributed by atoms with Gasteiger partial charge in [0.25, 0.3) is 0 Å². The molecule has 2 aliphatic heterocycles. The number of nitrogens with zero attached hydrogens (tertiary/aromatic N) is 1. The van der Waals surface area contributed by atoms with Gasteiger partial charge in [0, 0.05) is 48.8 Å². The topological polar surface area (TPSA) is 27.3 Å². The molecular weight excluding hydrogens is 258 g/mol. The van der Waals surface area contributed by atoms with Crippen molar-refractivity contribution in [3.63, 3.8) is 0 Å². The van der Waals surface area contributed by atoms with Crippen LogP contribution in [-0.2, 0) is 0 Å². The zero-order valence-corrected chi connectivity index (χ0v) is 12.0. The van der Waals surface area contributed by atoms with Crippen LogP contribution in [0.2, 0.25) is 0 Å². The fourth-order valence-electron chi connectivity index (χ4n) is 3.09. The highest BCUT2D eigenvalue weighted by Crippen LogP contribution is 2.36. The lowest BCUT2D eigenvalue weighted by atomic mass is 10.1. The van der Waals surface area contributed by atoms with Crippen molar-refractivity contribution in [3.8, 4) is 0 Å². The molecule has 0 spiro atoms. The van der Waals surface area contributed by atoms with E-state index in [0.29, 0.717) is 0 Å². The van der Waals surface area contributed by atoms with E-state index >= 15 is 0 Å². The van der Waals surface area contributed by atoms with E-state index in [1.165, 1.54) is 28.2 Å². The Morgan fingerprint density at radius 3 is 2.38 bits per heavy atom. The molecule has 1 saturated heterocycles. The van der Waals surface area contributed by atoms with E-state index in [1.807, 2.05) is 0 Å². The molecule has 2 aromatic rings. The summed E-state index contributed by atoms with van der Waals surface area (Å²) < 4.78 is 0. The van der Waals surface area contributed by atoms with Crippen LogP contribution in [0.4, 0.5) is 11.4 Å². The monoisotopic (exact) mass is 277 g/mol. The molecule has 0 atom stereocenters. The summed E-state index contributed by atoms with van der Waals surface area (Å²) >= 11 is 0. The van der Waals surface area contributed by atoms with Crippen LogP contribution in [0.3, 0.4) is 0 Å². The number of fused-ring (bicyclic) bond motifs is 2. The molecule has 4 rings (SSSR count). The van der Waals surface area contributed by atoms with E-state index in [4.69, 9.17) is 0 Å².